The summed E-state index contributed by atoms with van der Waals surface area (Å²) in [7, 11) is 0. The number of nitrogens with zero attached hydrogens (tertiary/aromatic N) is 2. The smallest absolute Gasteiger partial charge is 0.380 e. The molecule has 0 spiro atoms. The predicted octanol–water partition coefficient (Wildman–Crippen LogP) is 1.84. The van der Waals surface area contributed by atoms with Crippen LogP contribution in [0.2, 0.25) is 0 Å². The molecule has 7 heteroatoms. The Kier molecular flexibility index (Phi) is 3.72. The van der Waals surface area contributed by atoms with Gasteiger partial charge in [-0.25, -0.2) is 4.98 Å². The third kappa shape index (κ3) is 2.98. The van der Waals surface area contributed by atoms with Crippen molar-refractivity contribution in [1.82, 2.24) is 14.9 Å². The van der Waals surface area contributed by atoms with Gasteiger partial charge in [0.25, 0.3) is 0 Å². The fraction of sp³-hybridized carbons (Fsp3) is 0.769. The highest BCUT2D eigenvalue weighted by molar-refractivity contribution is 5.09. The first-order valence-electron chi connectivity index (χ1n) is 6.97. The van der Waals surface area contributed by atoms with E-state index in [-0.39, 0.29) is 0 Å². The monoisotopic (exact) mass is 289 g/mol. The van der Waals surface area contributed by atoms with Gasteiger partial charge in [0.1, 0.15) is 5.82 Å². The summed E-state index contributed by atoms with van der Waals surface area (Å²) in [5, 5.41) is 3.44. The average Bonchev–Trinajstić information content (AvgIpc) is 3.04. The molecular weight excluding hydrogens is 271 g/mol. The van der Waals surface area contributed by atoms with Crippen LogP contribution in [0.3, 0.4) is 0 Å². The van der Waals surface area contributed by atoms with Gasteiger partial charge in [0.2, 0.25) is 0 Å². The number of fused-ring (bicyclic) bond motifs is 1. The molecule has 20 heavy (non-hydrogen) atoms. The molecule has 0 aromatic carbocycles. The number of rotatable bonds is 3. The molecule has 0 aliphatic carbocycles. The van der Waals surface area contributed by atoms with Gasteiger partial charge in [-0.3, -0.25) is 0 Å². The molecule has 2 atom stereocenters. The molecule has 0 amide bonds. The van der Waals surface area contributed by atoms with Gasteiger partial charge in [0.05, 0.1) is 6.61 Å². The van der Waals surface area contributed by atoms with Crippen molar-refractivity contribution in [2.24, 2.45) is 5.92 Å². The van der Waals surface area contributed by atoms with E-state index in [9.17, 15) is 13.2 Å². The lowest BCUT2D eigenvalue weighted by atomic mass is 9.99. The second kappa shape index (κ2) is 5.37. The molecule has 2 aliphatic heterocycles. The van der Waals surface area contributed by atoms with Gasteiger partial charge in [-0.2, -0.15) is 13.2 Å². The summed E-state index contributed by atoms with van der Waals surface area (Å²) < 4.78 is 44.8. The summed E-state index contributed by atoms with van der Waals surface area (Å²) >= 11 is 0. The minimum atomic E-state index is -4.35. The summed E-state index contributed by atoms with van der Waals surface area (Å²) in [5.74, 6) is 0.913. The van der Waals surface area contributed by atoms with Crippen LogP contribution < -0.4 is 5.32 Å². The van der Waals surface area contributed by atoms with E-state index in [1.54, 1.807) is 4.57 Å². The zero-order chi connectivity index (χ0) is 14.2. The molecule has 3 rings (SSSR count). The standard InChI is InChI=1S/C13H18F3N3O/c14-13(15,16)11-7-19-6-9(1-2-12(19)18-11)5-17-10-3-4-20-8-10/h7,9-10,17H,1-6,8H2/t9-,10-/m0/s1. The van der Waals surface area contributed by atoms with Crippen LogP contribution in [-0.2, 0) is 23.9 Å². The zero-order valence-corrected chi connectivity index (χ0v) is 11.1. The Bertz CT molecular complexity index is 466. The molecule has 2 aliphatic rings. The Morgan fingerprint density at radius 3 is 2.95 bits per heavy atom. The van der Waals surface area contributed by atoms with E-state index in [0.29, 0.717) is 30.7 Å². The highest BCUT2D eigenvalue weighted by Gasteiger charge is 2.35. The highest BCUT2D eigenvalue weighted by atomic mass is 19.4. The van der Waals surface area contributed by atoms with Crippen molar-refractivity contribution in [3.05, 3.63) is 17.7 Å². The van der Waals surface area contributed by atoms with Crippen molar-refractivity contribution in [2.45, 2.75) is 38.0 Å². The second-order valence-corrected chi connectivity index (χ2v) is 5.57. The van der Waals surface area contributed by atoms with E-state index in [1.807, 2.05) is 0 Å². The average molecular weight is 289 g/mol. The first-order valence-corrected chi connectivity index (χ1v) is 6.97. The lowest BCUT2D eigenvalue weighted by Crippen LogP contribution is -2.36. The maximum atomic E-state index is 12.6. The van der Waals surface area contributed by atoms with Gasteiger partial charge in [-0.1, -0.05) is 0 Å². The van der Waals surface area contributed by atoms with Crippen molar-refractivity contribution < 1.29 is 17.9 Å². The van der Waals surface area contributed by atoms with Gasteiger partial charge < -0.3 is 14.6 Å². The van der Waals surface area contributed by atoms with Crippen LogP contribution in [0.1, 0.15) is 24.4 Å². The van der Waals surface area contributed by atoms with Crippen LogP contribution in [0.25, 0.3) is 0 Å². The molecule has 1 N–H and O–H groups in total. The SMILES string of the molecule is FC(F)(F)c1cn2c(n1)CC[C@@H](CN[C@H]1CCOC1)C2. The van der Waals surface area contributed by atoms with Gasteiger partial charge in [-0.05, 0) is 18.8 Å². The van der Waals surface area contributed by atoms with Crippen LogP contribution in [0.4, 0.5) is 13.2 Å². The summed E-state index contributed by atoms with van der Waals surface area (Å²) in [4.78, 5) is 3.69. The molecule has 0 unspecified atom stereocenters. The molecule has 0 bridgehead atoms. The van der Waals surface area contributed by atoms with Crippen LogP contribution >= 0.6 is 0 Å². The number of ether oxygens (including phenoxy) is 1. The first-order chi connectivity index (χ1) is 9.52. The quantitative estimate of drug-likeness (QED) is 0.923. The Labute approximate surface area is 115 Å². The van der Waals surface area contributed by atoms with Crippen molar-refractivity contribution in [3.63, 3.8) is 0 Å². The van der Waals surface area contributed by atoms with Gasteiger partial charge in [0, 0.05) is 38.4 Å². The molecule has 3 heterocycles. The Morgan fingerprint density at radius 1 is 1.40 bits per heavy atom. The Morgan fingerprint density at radius 2 is 2.25 bits per heavy atom. The predicted molar refractivity (Wildman–Crippen MR) is 66.3 cm³/mol. The van der Waals surface area contributed by atoms with Crippen LogP contribution in [0.5, 0.6) is 0 Å². The molecular formula is C13H18F3N3O. The highest BCUT2D eigenvalue weighted by Crippen LogP contribution is 2.30. The largest absolute Gasteiger partial charge is 0.434 e. The number of hydrogen-bond donors (Lipinski definition) is 1. The molecule has 0 saturated carbocycles. The minimum absolute atomic E-state index is 0.360. The lowest BCUT2D eigenvalue weighted by Gasteiger charge is -2.25. The number of imidazole rings is 1. The van der Waals surface area contributed by atoms with E-state index in [0.717, 1.165) is 38.8 Å². The van der Waals surface area contributed by atoms with Gasteiger partial charge in [-0.15, -0.1) is 0 Å². The third-order valence-electron chi connectivity index (χ3n) is 4.01. The van der Waals surface area contributed by atoms with Gasteiger partial charge >= 0.3 is 6.18 Å². The molecule has 112 valence electrons. The Hall–Kier alpha value is -1.08. The van der Waals surface area contributed by atoms with Crippen LogP contribution in [-0.4, -0.2) is 35.4 Å². The molecule has 1 saturated heterocycles. The van der Waals surface area contributed by atoms with Crippen LogP contribution in [0.15, 0.2) is 6.20 Å². The molecule has 1 aromatic rings. The maximum Gasteiger partial charge on any atom is 0.434 e. The maximum absolute atomic E-state index is 12.6. The van der Waals surface area contributed by atoms with Crippen molar-refractivity contribution in [3.8, 4) is 0 Å². The summed E-state index contributed by atoms with van der Waals surface area (Å²) in [6.07, 6.45) is -0.695. The van der Waals surface area contributed by atoms with E-state index < -0.39 is 11.9 Å². The molecule has 4 nitrogen and oxygen atoms in total. The number of nitrogens with one attached hydrogen (secondary N) is 1. The fourth-order valence-electron chi connectivity index (χ4n) is 2.85. The number of aromatic nitrogens is 2. The third-order valence-corrected chi connectivity index (χ3v) is 4.01. The van der Waals surface area contributed by atoms with E-state index >= 15 is 0 Å². The topological polar surface area (TPSA) is 39.1 Å². The Balaban J connectivity index is 1.58. The number of alkyl halides is 3. The van der Waals surface area contributed by atoms with E-state index in [4.69, 9.17) is 4.74 Å². The van der Waals surface area contributed by atoms with E-state index in [1.165, 1.54) is 0 Å². The molecule has 1 fully saturated rings. The number of hydrogen-bond acceptors (Lipinski definition) is 3. The molecule has 1 aromatic heterocycles. The number of aryl methyl sites for hydroxylation is 1. The van der Waals surface area contributed by atoms with Crippen molar-refractivity contribution in [2.75, 3.05) is 19.8 Å². The fourth-order valence-corrected chi connectivity index (χ4v) is 2.85. The first kappa shape index (κ1) is 13.9. The number of halogens is 3. The summed E-state index contributed by atoms with van der Waals surface area (Å²) in [5.41, 5.74) is -0.773. The second-order valence-electron chi connectivity index (χ2n) is 5.57. The summed E-state index contributed by atoms with van der Waals surface area (Å²) in [6.45, 7) is 2.97. The minimum Gasteiger partial charge on any atom is -0.380 e. The summed E-state index contributed by atoms with van der Waals surface area (Å²) in [6, 6.07) is 0.393. The normalized spacial score (nSPS) is 26.8. The van der Waals surface area contributed by atoms with Gasteiger partial charge in [0.15, 0.2) is 5.69 Å². The molecule has 0 radical (unpaired) electrons. The van der Waals surface area contributed by atoms with E-state index in [2.05, 4.69) is 10.3 Å². The van der Waals surface area contributed by atoms with Crippen LogP contribution in [0, 0.1) is 5.92 Å². The van der Waals surface area contributed by atoms with Crippen molar-refractivity contribution in [1.29, 1.82) is 0 Å². The lowest BCUT2D eigenvalue weighted by molar-refractivity contribution is -0.141. The van der Waals surface area contributed by atoms with Crippen molar-refractivity contribution >= 4 is 0 Å². The zero-order valence-electron chi connectivity index (χ0n) is 11.1.